The molecule has 0 heterocycles. The van der Waals surface area contributed by atoms with E-state index in [2.05, 4.69) is 4.74 Å². The number of carbonyl (C=O) groups excluding carboxylic acids is 1. The van der Waals surface area contributed by atoms with Crippen molar-refractivity contribution in [2.24, 2.45) is 0 Å². The van der Waals surface area contributed by atoms with E-state index in [0.29, 0.717) is 0 Å². The van der Waals surface area contributed by atoms with Gasteiger partial charge in [-0.05, 0) is 27.2 Å². The summed E-state index contributed by atoms with van der Waals surface area (Å²) in [5.41, 5.74) is 0. The highest BCUT2D eigenvalue weighted by atomic mass is 32.2. The molecule has 0 aliphatic carbocycles. The Hall–Kier alpha value is -0.830. The summed E-state index contributed by atoms with van der Waals surface area (Å²) in [5.74, 6) is -1.37. The Labute approximate surface area is 117 Å². The second kappa shape index (κ2) is 7.82. The standard InChI is InChI=1S/C11H20F3NO4S/c1-4-19-10(16)8-15(9(2)3)20(17,18)7-5-6-11(12,13)14/h9H,4-8H2,1-3H3. The minimum Gasteiger partial charge on any atom is -0.465 e. The van der Waals surface area contributed by atoms with Gasteiger partial charge in [-0.25, -0.2) is 8.42 Å². The van der Waals surface area contributed by atoms with Crippen LogP contribution in [-0.4, -0.2) is 49.8 Å². The highest BCUT2D eigenvalue weighted by Crippen LogP contribution is 2.22. The zero-order chi connectivity index (χ0) is 16.0. The van der Waals surface area contributed by atoms with Crippen LogP contribution < -0.4 is 0 Å². The van der Waals surface area contributed by atoms with E-state index in [0.717, 1.165) is 4.31 Å². The number of hydrogen-bond donors (Lipinski definition) is 0. The molecule has 0 fully saturated rings. The Morgan fingerprint density at radius 3 is 2.25 bits per heavy atom. The molecule has 120 valence electrons. The average molecular weight is 319 g/mol. The predicted octanol–water partition coefficient (Wildman–Crippen LogP) is 1.93. The van der Waals surface area contributed by atoms with Crippen molar-refractivity contribution in [3.63, 3.8) is 0 Å². The second-order valence-electron chi connectivity index (χ2n) is 4.48. The lowest BCUT2D eigenvalue weighted by atomic mass is 10.3. The fourth-order valence-corrected chi connectivity index (χ4v) is 3.20. The number of sulfonamides is 1. The molecule has 5 nitrogen and oxygen atoms in total. The monoisotopic (exact) mass is 319 g/mol. The highest BCUT2D eigenvalue weighted by Gasteiger charge is 2.31. The summed E-state index contributed by atoms with van der Waals surface area (Å²) in [6.45, 7) is 4.29. The maximum atomic E-state index is 12.0. The van der Waals surface area contributed by atoms with Crippen LogP contribution in [0.5, 0.6) is 0 Å². The predicted molar refractivity (Wildman–Crippen MR) is 67.6 cm³/mol. The van der Waals surface area contributed by atoms with Crippen LogP contribution in [0.15, 0.2) is 0 Å². The van der Waals surface area contributed by atoms with E-state index < -0.39 is 53.3 Å². The Balaban J connectivity index is 4.68. The quantitative estimate of drug-likeness (QED) is 0.641. The van der Waals surface area contributed by atoms with E-state index in [9.17, 15) is 26.4 Å². The van der Waals surface area contributed by atoms with Crippen molar-refractivity contribution in [3.05, 3.63) is 0 Å². The van der Waals surface area contributed by atoms with Crippen LogP contribution in [0.1, 0.15) is 33.6 Å². The van der Waals surface area contributed by atoms with Crippen LogP contribution in [0.2, 0.25) is 0 Å². The lowest BCUT2D eigenvalue weighted by Gasteiger charge is -2.25. The lowest BCUT2D eigenvalue weighted by Crippen LogP contribution is -2.42. The molecule has 0 saturated carbocycles. The first-order valence-corrected chi connectivity index (χ1v) is 7.82. The number of rotatable bonds is 8. The van der Waals surface area contributed by atoms with Crippen molar-refractivity contribution < 1.29 is 31.1 Å². The third kappa shape index (κ3) is 7.68. The van der Waals surface area contributed by atoms with Crippen molar-refractivity contribution in [1.82, 2.24) is 4.31 Å². The highest BCUT2D eigenvalue weighted by molar-refractivity contribution is 7.89. The van der Waals surface area contributed by atoms with E-state index in [1.807, 2.05) is 0 Å². The molecule has 0 saturated heterocycles. The zero-order valence-electron chi connectivity index (χ0n) is 11.7. The molecule has 0 amide bonds. The van der Waals surface area contributed by atoms with Crippen LogP contribution in [0.4, 0.5) is 13.2 Å². The first-order chi connectivity index (χ1) is 8.99. The third-order valence-electron chi connectivity index (χ3n) is 2.39. The molecule has 0 aromatic rings. The molecule has 0 unspecified atom stereocenters. The molecule has 0 bridgehead atoms. The van der Waals surface area contributed by atoms with Crippen molar-refractivity contribution in [2.45, 2.75) is 45.8 Å². The fraction of sp³-hybridized carbons (Fsp3) is 0.909. The topological polar surface area (TPSA) is 63.7 Å². The number of halogens is 3. The van der Waals surface area contributed by atoms with Gasteiger partial charge in [0.2, 0.25) is 10.0 Å². The number of alkyl halides is 3. The second-order valence-corrected chi connectivity index (χ2v) is 6.52. The van der Waals surface area contributed by atoms with Gasteiger partial charge in [-0.3, -0.25) is 4.79 Å². The van der Waals surface area contributed by atoms with Gasteiger partial charge >= 0.3 is 12.1 Å². The van der Waals surface area contributed by atoms with Crippen molar-refractivity contribution in [2.75, 3.05) is 18.9 Å². The fourth-order valence-electron chi connectivity index (χ4n) is 1.51. The molecule has 0 aromatic carbocycles. The van der Waals surface area contributed by atoms with Crippen LogP contribution in [0.25, 0.3) is 0 Å². The molecule has 0 spiro atoms. The summed E-state index contributed by atoms with van der Waals surface area (Å²) in [7, 11) is -3.92. The summed E-state index contributed by atoms with van der Waals surface area (Å²) in [5, 5.41) is 0. The van der Waals surface area contributed by atoms with E-state index in [4.69, 9.17) is 0 Å². The number of hydrogen-bond acceptors (Lipinski definition) is 4. The zero-order valence-corrected chi connectivity index (χ0v) is 12.6. The SMILES string of the molecule is CCOC(=O)CN(C(C)C)S(=O)(=O)CCCC(F)(F)F. The molecule has 20 heavy (non-hydrogen) atoms. The minimum absolute atomic E-state index is 0.110. The summed E-state index contributed by atoms with van der Waals surface area (Å²) < 4.78 is 65.5. The molecule has 0 aromatic heterocycles. The Bertz CT molecular complexity index is 406. The van der Waals surface area contributed by atoms with Crippen LogP contribution in [0, 0.1) is 0 Å². The molecular formula is C11H20F3NO4S. The molecule has 0 atom stereocenters. The van der Waals surface area contributed by atoms with Gasteiger partial charge < -0.3 is 4.74 Å². The summed E-state index contributed by atoms with van der Waals surface area (Å²) in [6, 6.07) is -0.532. The van der Waals surface area contributed by atoms with Gasteiger partial charge in [0.1, 0.15) is 6.54 Å². The first-order valence-electron chi connectivity index (χ1n) is 6.21. The average Bonchev–Trinajstić information content (AvgIpc) is 2.23. The minimum atomic E-state index is -4.39. The van der Waals surface area contributed by atoms with Crippen LogP contribution in [-0.2, 0) is 19.6 Å². The summed E-state index contributed by atoms with van der Waals surface area (Å²) in [4.78, 5) is 11.3. The number of esters is 1. The van der Waals surface area contributed by atoms with Crippen molar-refractivity contribution in [3.8, 4) is 0 Å². The van der Waals surface area contributed by atoms with Crippen LogP contribution in [0.3, 0.4) is 0 Å². The Morgan fingerprint density at radius 2 is 1.85 bits per heavy atom. The van der Waals surface area contributed by atoms with Gasteiger partial charge in [0.15, 0.2) is 0 Å². The first kappa shape index (κ1) is 19.2. The normalized spacial score (nSPS) is 13.0. The largest absolute Gasteiger partial charge is 0.465 e. The number of carbonyl (C=O) groups is 1. The van der Waals surface area contributed by atoms with Crippen LogP contribution >= 0.6 is 0 Å². The molecule has 0 aliphatic heterocycles. The van der Waals surface area contributed by atoms with E-state index in [1.165, 1.54) is 0 Å². The summed E-state index contributed by atoms with van der Waals surface area (Å²) in [6.07, 6.45) is -6.09. The molecule has 0 aliphatic rings. The lowest BCUT2D eigenvalue weighted by molar-refractivity contribution is -0.143. The molecule has 0 rings (SSSR count). The Morgan fingerprint density at radius 1 is 1.30 bits per heavy atom. The van der Waals surface area contributed by atoms with E-state index in [1.54, 1.807) is 20.8 Å². The van der Waals surface area contributed by atoms with Gasteiger partial charge in [0.25, 0.3) is 0 Å². The Kier molecular flexibility index (Phi) is 7.50. The maximum Gasteiger partial charge on any atom is 0.389 e. The van der Waals surface area contributed by atoms with E-state index >= 15 is 0 Å². The van der Waals surface area contributed by atoms with Gasteiger partial charge in [-0.2, -0.15) is 17.5 Å². The third-order valence-corrected chi connectivity index (χ3v) is 4.46. The number of ether oxygens (including phenoxy) is 1. The smallest absolute Gasteiger partial charge is 0.389 e. The molecule has 0 N–H and O–H groups in total. The maximum absolute atomic E-state index is 12.0. The molecule has 9 heteroatoms. The van der Waals surface area contributed by atoms with Crippen molar-refractivity contribution in [1.29, 1.82) is 0 Å². The van der Waals surface area contributed by atoms with Gasteiger partial charge in [0, 0.05) is 12.5 Å². The van der Waals surface area contributed by atoms with Crippen molar-refractivity contribution >= 4 is 16.0 Å². The summed E-state index contributed by atoms with van der Waals surface area (Å²) >= 11 is 0. The number of nitrogens with zero attached hydrogens (tertiary/aromatic N) is 1. The van der Waals surface area contributed by atoms with Gasteiger partial charge in [-0.15, -0.1) is 0 Å². The van der Waals surface area contributed by atoms with Gasteiger partial charge in [-0.1, -0.05) is 0 Å². The van der Waals surface area contributed by atoms with E-state index in [-0.39, 0.29) is 6.61 Å². The molecule has 0 radical (unpaired) electrons. The molecular weight excluding hydrogens is 299 g/mol. The van der Waals surface area contributed by atoms with Gasteiger partial charge in [0.05, 0.1) is 12.4 Å².